The average molecular weight is 658 g/mol. The molecule has 5 heterocycles. The topological polar surface area (TPSA) is 132 Å². The van der Waals surface area contributed by atoms with E-state index in [2.05, 4.69) is 53.3 Å². The number of likely N-dealkylation sites (tertiary alicyclic amines) is 1. The van der Waals surface area contributed by atoms with Crippen molar-refractivity contribution in [1.29, 1.82) is 5.26 Å². The largest absolute Gasteiger partial charge is 0.486 e. The molecular weight excluding hydrogens is 625 g/mol. The number of piperidine rings is 1. The van der Waals surface area contributed by atoms with Gasteiger partial charge in [-0.3, -0.25) is 14.7 Å². The van der Waals surface area contributed by atoms with Gasteiger partial charge in [-0.2, -0.15) is 10.2 Å². The Kier molecular flexibility index (Phi) is 8.97. The zero-order valence-electron chi connectivity index (χ0n) is 25.6. The third-order valence-corrected chi connectivity index (χ3v) is 9.24. The minimum atomic E-state index is -1.44. The van der Waals surface area contributed by atoms with Crippen LogP contribution in [0.3, 0.4) is 0 Å². The lowest BCUT2D eigenvalue weighted by atomic mass is 10.0. The fourth-order valence-electron chi connectivity index (χ4n) is 6.11. The van der Waals surface area contributed by atoms with Gasteiger partial charge in [0.1, 0.15) is 24.3 Å². The van der Waals surface area contributed by atoms with E-state index in [9.17, 15) is 10.1 Å². The summed E-state index contributed by atoms with van der Waals surface area (Å²) in [5.41, 5.74) is 3.18. The number of ether oxygens (including phenoxy) is 2. The highest BCUT2D eigenvalue weighted by Crippen LogP contribution is 2.30. The Bertz CT molecular complexity index is 1740. The molecule has 4 aliphatic rings. The number of piperazine rings is 1. The summed E-state index contributed by atoms with van der Waals surface area (Å²) in [5.74, 6) is 0.671. The molecule has 242 valence electrons. The molecule has 0 saturated carbocycles. The summed E-state index contributed by atoms with van der Waals surface area (Å²) in [5, 5.41) is 13.4. The van der Waals surface area contributed by atoms with Gasteiger partial charge in [0, 0.05) is 62.3 Å². The number of carbonyl (C=O) groups excluding carboxylic acids is 1. The third-order valence-electron chi connectivity index (χ3n) is 8.92. The van der Waals surface area contributed by atoms with Crippen molar-refractivity contribution in [2.75, 3.05) is 69.2 Å². The van der Waals surface area contributed by atoms with Crippen LogP contribution in [0.1, 0.15) is 12.0 Å². The second-order valence-corrected chi connectivity index (χ2v) is 12.3. The first-order valence-corrected chi connectivity index (χ1v) is 16.0. The van der Waals surface area contributed by atoms with Crippen LogP contribution in [0.5, 0.6) is 5.75 Å². The highest BCUT2D eigenvalue weighted by molar-refractivity contribution is 6.42. The number of hydrogen-bond acceptors (Lipinski definition) is 11. The predicted octanol–water partition coefficient (Wildman–Crippen LogP) is 3.57. The van der Waals surface area contributed by atoms with E-state index in [1.165, 1.54) is 23.1 Å². The van der Waals surface area contributed by atoms with E-state index in [0.717, 1.165) is 45.1 Å². The number of nitrogens with zero attached hydrogens (tertiary/aromatic N) is 8. The Labute approximate surface area is 276 Å². The SMILES string of the molecule is N#Cc1cc(-c2ncnc(Nc3ccc(N4CCN(C5COC5)CC4)cc3)n2)ccc1O[C@H]1CCN(C(=O)C2=C(Cl)C=NC2)C[C@H]1F. The molecule has 0 aliphatic carbocycles. The van der Waals surface area contributed by atoms with Crippen LogP contribution in [0, 0.1) is 11.3 Å². The highest BCUT2D eigenvalue weighted by Gasteiger charge is 2.35. The molecule has 0 unspecified atom stereocenters. The average Bonchev–Trinajstić information content (AvgIpc) is 3.51. The molecule has 7 rings (SSSR count). The smallest absolute Gasteiger partial charge is 0.253 e. The lowest BCUT2D eigenvalue weighted by molar-refractivity contribution is -0.130. The summed E-state index contributed by atoms with van der Waals surface area (Å²) < 4.78 is 26.5. The molecule has 3 aromatic rings. The molecule has 3 saturated heterocycles. The molecule has 0 radical (unpaired) electrons. The van der Waals surface area contributed by atoms with Gasteiger partial charge < -0.3 is 24.6 Å². The van der Waals surface area contributed by atoms with Crippen molar-refractivity contribution in [2.45, 2.75) is 24.7 Å². The lowest BCUT2D eigenvalue weighted by Gasteiger charge is -2.43. The van der Waals surface area contributed by atoms with Gasteiger partial charge in [-0.1, -0.05) is 11.6 Å². The van der Waals surface area contributed by atoms with Gasteiger partial charge >= 0.3 is 0 Å². The normalized spacial score (nSPS) is 21.8. The fraction of sp³-hybridized carbons (Fsp3) is 0.394. The molecule has 3 fully saturated rings. The standard InChI is InChI=1S/C33H33ClFN9O3/c34-27-16-37-15-26(27)32(45)44-8-7-30(28(35)17-44)47-29-6-1-21(13-22(29)14-36)31-38-20-39-33(41-31)40-23-2-4-24(5-3-23)42-9-11-43(12-10-42)25-18-46-19-25/h1-6,13,16,20,25,28,30H,7-12,15,17-19H2,(H,38,39,40,41)/t28-,30+/m1/s1. The van der Waals surface area contributed by atoms with Crippen molar-refractivity contribution in [2.24, 2.45) is 4.99 Å². The predicted molar refractivity (Wildman–Crippen MR) is 175 cm³/mol. The molecule has 12 nitrogen and oxygen atoms in total. The van der Waals surface area contributed by atoms with E-state index in [1.54, 1.807) is 18.2 Å². The van der Waals surface area contributed by atoms with Crippen LogP contribution in [0.4, 0.5) is 21.7 Å². The Morgan fingerprint density at radius 2 is 1.89 bits per heavy atom. The number of nitriles is 1. The van der Waals surface area contributed by atoms with Gasteiger partial charge in [0.05, 0.1) is 48.5 Å². The second-order valence-electron chi connectivity index (χ2n) is 11.9. The number of aliphatic imine (C=N–C) groups is 1. The van der Waals surface area contributed by atoms with E-state index in [0.29, 0.717) is 35.5 Å². The third kappa shape index (κ3) is 6.76. The number of aromatic nitrogens is 3. The lowest BCUT2D eigenvalue weighted by Crippen LogP contribution is -2.56. The van der Waals surface area contributed by atoms with Crippen LogP contribution < -0.4 is 15.0 Å². The Hall–Kier alpha value is -4.64. The highest BCUT2D eigenvalue weighted by atomic mass is 35.5. The van der Waals surface area contributed by atoms with Gasteiger partial charge in [-0.15, -0.1) is 0 Å². The minimum absolute atomic E-state index is 0.131. The molecule has 14 heteroatoms. The number of rotatable bonds is 8. The van der Waals surface area contributed by atoms with E-state index < -0.39 is 12.3 Å². The maximum atomic E-state index is 15.2. The summed E-state index contributed by atoms with van der Waals surface area (Å²) in [4.78, 5) is 36.2. The van der Waals surface area contributed by atoms with E-state index in [-0.39, 0.29) is 41.8 Å². The molecule has 1 amide bonds. The maximum absolute atomic E-state index is 15.2. The molecule has 1 N–H and O–H groups in total. The van der Waals surface area contributed by atoms with Crippen molar-refractivity contribution in [3.8, 4) is 23.2 Å². The van der Waals surface area contributed by atoms with Gasteiger partial charge in [0.2, 0.25) is 5.95 Å². The number of carbonyl (C=O) groups is 1. The number of anilines is 3. The van der Waals surface area contributed by atoms with Crippen molar-refractivity contribution < 1.29 is 18.7 Å². The van der Waals surface area contributed by atoms with Crippen LogP contribution in [0.15, 0.2) is 64.4 Å². The van der Waals surface area contributed by atoms with Crippen molar-refractivity contribution >= 4 is 41.0 Å². The van der Waals surface area contributed by atoms with Crippen LogP contribution in [0.2, 0.25) is 0 Å². The first kappa shape index (κ1) is 31.0. The molecule has 4 aliphatic heterocycles. The van der Waals surface area contributed by atoms with Crippen molar-refractivity contribution in [3.05, 3.63) is 65.0 Å². The van der Waals surface area contributed by atoms with Gasteiger partial charge in [-0.05, 0) is 42.5 Å². The summed E-state index contributed by atoms with van der Waals surface area (Å²) >= 11 is 6.06. The van der Waals surface area contributed by atoms with Crippen LogP contribution in [-0.2, 0) is 9.53 Å². The van der Waals surface area contributed by atoms with Crippen LogP contribution >= 0.6 is 11.6 Å². The molecule has 47 heavy (non-hydrogen) atoms. The Morgan fingerprint density at radius 1 is 1.09 bits per heavy atom. The number of benzene rings is 2. The number of nitrogens with one attached hydrogen (secondary N) is 1. The van der Waals surface area contributed by atoms with Gasteiger partial charge in [0.15, 0.2) is 12.0 Å². The molecule has 0 spiro atoms. The number of hydrogen-bond donors (Lipinski definition) is 1. The van der Waals surface area contributed by atoms with Crippen molar-refractivity contribution in [3.63, 3.8) is 0 Å². The molecule has 2 aromatic carbocycles. The molecular formula is C33H33ClFN9O3. The molecule has 1 aromatic heterocycles. The summed E-state index contributed by atoms with van der Waals surface area (Å²) in [6.07, 6.45) is 0.859. The number of allylic oxidation sites excluding steroid dienone is 1. The fourth-order valence-corrected chi connectivity index (χ4v) is 6.32. The van der Waals surface area contributed by atoms with Gasteiger partial charge in [-0.25, -0.2) is 14.4 Å². The minimum Gasteiger partial charge on any atom is -0.486 e. The monoisotopic (exact) mass is 657 g/mol. The number of halogens is 2. The zero-order valence-corrected chi connectivity index (χ0v) is 26.3. The van der Waals surface area contributed by atoms with Gasteiger partial charge in [0.25, 0.3) is 5.91 Å². The van der Waals surface area contributed by atoms with E-state index >= 15 is 4.39 Å². The van der Waals surface area contributed by atoms with E-state index in [4.69, 9.17) is 21.1 Å². The maximum Gasteiger partial charge on any atom is 0.253 e. The molecule has 2 atom stereocenters. The first-order valence-electron chi connectivity index (χ1n) is 15.6. The number of amides is 1. The summed E-state index contributed by atoms with van der Waals surface area (Å²) in [7, 11) is 0. The van der Waals surface area contributed by atoms with Crippen LogP contribution in [-0.4, -0.2) is 114 Å². The zero-order chi connectivity index (χ0) is 32.3. The Morgan fingerprint density at radius 3 is 2.57 bits per heavy atom. The quantitative estimate of drug-likeness (QED) is 0.384. The second kappa shape index (κ2) is 13.6. The van der Waals surface area contributed by atoms with Crippen molar-refractivity contribution in [1.82, 2.24) is 24.8 Å². The Balaban J connectivity index is 0.964. The summed E-state index contributed by atoms with van der Waals surface area (Å²) in [6.45, 7) is 6.08. The van der Waals surface area contributed by atoms with Crippen LogP contribution in [0.25, 0.3) is 11.4 Å². The number of alkyl halides is 1. The van der Waals surface area contributed by atoms with E-state index in [1.807, 2.05) is 12.1 Å². The summed E-state index contributed by atoms with van der Waals surface area (Å²) in [6, 6.07) is 15.8. The first-order chi connectivity index (χ1) is 22.9. The molecule has 0 bridgehead atoms.